The first-order valence-electron chi connectivity index (χ1n) is 9.98. The molecule has 0 radical (unpaired) electrons. The van der Waals surface area contributed by atoms with Gasteiger partial charge in [0.2, 0.25) is 5.95 Å². The molecule has 2 aromatic heterocycles. The zero-order chi connectivity index (χ0) is 20.8. The first kappa shape index (κ1) is 20.0. The second-order valence-corrected chi connectivity index (χ2v) is 6.95. The van der Waals surface area contributed by atoms with Crippen LogP contribution in [0.1, 0.15) is 30.2 Å². The average molecular weight is 407 g/mol. The van der Waals surface area contributed by atoms with Gasteiger partial charge in [-0.1, -0.05) is 6.07 Å². The van der Waals surface area contributed by atoms with Crippen LogP contribution in [0, 0.1) is 0 Å². The monoisotopic (exact) mass is 407 g/mol. The van der Waals surface area contributed by atoms with Crippen molar-refractivity contribution < 1.29 is 14.2 Å². The molecule has 1 aromatic carbocycles. The Hall–Kier alpha value is -3.26. The van der Waals surface area contributed by atoms with E-state index in [9.17, 15) is 0 Å². The number of nitrogens with one attached hydrogen (secondary N) is 1. The number of aromatic nitrogens is 4. The number of hydrogen-bond donors (Lipinski definition) is 1. The summed E-state index contributed by atoms with van der Waals surface area (Å²) in [6.07, 6.45) is 9.56. The molecule has 0 spiro atoms. The van der Waals surface area contributed by atoms with E-state index in [0.29, 0.717) is 12.5 Å². The fraction of sp³-hybridized carbons (Fsp3) is 0.364. The van der Waals surface area contributed by atoms with Crippen LogP contribution in [-0.2, 0) is 11.2 Å². The van der Waals surface area contributed by atoms with Crippen LogP contribution in [-0.4, -0.2) is 47.3 Å². The van der Waals surface area contributed by atoms with Crippen molar-refractivity contribution in [3.8, 4) is 22.8 Å². The van der Waals surface area contributed by atoms with Gasteiger partial charge in [-0.25, -0.2) is 9.97 Å². The number of anilines is 1. The Bertz CT molecular complexity index is 978. The minimum Gasteiger partial charge on any atom is -0.493 e. The third-order valence-electron chi connectivity index (χ3n) is 5.04. The van der Waals surface area contributed by atoms with E-state index in [1.54, 1.807) is 39.0 Å². The van der Waals surface area contributed by atoms with E-state index in [2.05, 4.69) is 20.3 Å². The molecular formula is C22H25N5O3. The van der Waals surface area contributed by atoms with E-state index in [-0.39, 0.29) is 6.10 Å². The van der Waals surface area contributed by atoms with Crippen molar-refractivity contribution in [2.24, 2.45) is 0 Å². The Balaban J connectivity index is 1.49. The molecule has 0 amide bonds. The summed E-state index contributed by atoms with van der Waals surface area (Å²) in [5.41, 5.74) is 3.60. The summed E-state index contributed by atoms with van der Waals surface area (Å²) in [6, 6.07) is 5.92. The molecule has 1 fully saturated rings. The number of ether oxygens (including phenoxy) is 3. The highest BCUT2D eigenvalue weighted by Gasteiger charge is 2.24. The zero-order valence-electron chi connectivity index (χ0n) is 17.2. The molecule has 4 rings (SSSR count). The second-order valence-electron chi connectivity index (χ2n) is 6.95. The molecule has 8 heteroatoms. The van der Waals surface area contributed by atoms with Gasteiger partial charge in [-0.2, -0.15) is 0 Å². The van der Waals surface area contributed by atoms with Crippen LogP contribution in [0.4, 0.5) is 5.95 Å². The molecule has 1 saturated heterocycles. The van der Waals surface area contributed by atoms with Gasteiger partial charge in [0.15, 0.2) is 11.5 Å². The maximum absolute atomic E-state index is 5.89. The Morgan fingerprint density at radius 3 is 2.73 bits per heavy atom. The average Bonchev–Trinajstić information content (AvgIpc) is 3.34. The molecule has 0 bridgehead atoms. The number of hydrogen-bond acceptors (Lipinski definition) is 8. The van der Waals surface area contributed by atoms with Crippen molar-refractivity contribution in [1.29, 1.82) is 0 Å². The van der Waals surface area contributed by atoms with Gasteiger partial charge in [-0.05, 0) is 37.0 Å². The Kier molecular flexibility index (Phi) is 6.34. The van der Waals surface area contributed by atoms with E-state index in [4.69, 9.17) is 19.2 Å². The summed E-state index contributed by atoms with van der Waals surface area (Å²) in [7, 11) is 3.27. The normalized spacial score (nSPS) is 15.7. The topological polar surface area (TPSA) is 91.3 Å². The van der Waals surface area contributed by atoms with E-state index in [1.807, 2.05) is 18.2 Å². The zero-order valence-corrected chi connectivity index (χ0v) is 17.2. The third-order valence-corrected chi connectivity index (χ3v) is 5.04. The van der Waals surface area contributed by atoms with Gasteiger partial charge >= 0.3 is 0 Å². The van der Waals surface area contributed by atoms with Gasteiger partial charge < -0.3 is 19.5 Å². The van der Waals surface area contributed by atoms with Crippen LogP contribution < -0.4 is 14.8 Å². The maximum atomic E-state index is 5.89. The van der Waals surface area contributed by atoms with Crippen molar-refractivity contribution in [3.05, 3.63) is 54.2 Å². The largest absolute Gasteiger partial charge is 0.493 e. The molecule has 8 nitrogen and oxygen atoms in total. The number of benzene rings is 1. The van der Waals surface area contributed by atoms with E-state index >= 15 is 0 Å². The molecule has 3 aromatic rings. The van der Waals surface area contributed by atoms with Crippen LogP contribution in [0.15, 0.2) is 43.0 Å². The summed E-state index contributed by atoms with van der Waals surface area (Å²) < 4.78 is 16.6. The Morgan fingerprint density at radius 1 is 1.10 bits per heavy atom. The van der Waals surface area contributed by atoms with E-state index in [0.717, 1.165) is 59.9 Å². The van der Waals surface area contributed by atoms with Gasteiger partial charge in [0.1, 0.15) is 6.10 Å². The molecule has 156 valence electrons. The van der Waals surface area contributed by atoms with Crippen molar-refractivity contribution in [1.82, 2.24) is 19.9 Å². The molecule has 1 N–H and O–H groups in total. The van der Waals surface area contributed by atoms with Crippen LogP contribution in [0.25, 0.3) is 11.3 Å². The molecule has 0 aliphatic carbocycles. The lowest BCUT2D eigenvalue weighted by molar-refractivity contribution is 0.109. The molecule has 1 aliphatic heterocycles. The highest BCUT2D eigenvalue weighted by molar-refractivity contribution is 5.61. The van der Waals surface area contributed by atoms with Crippen molar-refractivity contribution in [3.63, 3.8) is 0 Å². The molecule has 0 unspecified atom stereocenters. The summed E-state index contributed by atoms with van der Waals surface area (Å²) in [4.78, 5) is 17.8. The summed E-state index contributed by atoms with van der Waals surface area (Å²) in [6.45, 7) is 1.43. The first-order chi connectivity index (χ1) is 14.8. The van der Waals surface area contributed by atoms with Crippen LogP contribution in [0.5, 0.6) is 11.5 Å². The van der Waals surface area contributed by atoms with E-state index < -0.39 is 0 Å². The lowest BCUT2D eigenvalue weighted by atomic mass is 10.1. The highest BCUT2D eigenvalue weighted by atomic mass is 16.5. The molecule has 3 heterocycles. The van der Waals surface area contributed by atoms with Gasteiger partial charge in [0, 0.05) is 37.3 Å². The fourth-order valence-corrected chi connectivity index (χ4v) is 3.51. The van der Waals surface area contributed by atoms with Crippen molar-refractivity contribution >= 4 is 5.95 Å². The third kappa shape index (κ3) is 4.49. The quantitative estimate of drug-likeness (QED) is 0.607. The Labute approximate surface area is 175 Å². The molecule has 30 heavy (non-hydrogen) atoms. The van der Waals surface area contributed by atoms with Gasteiger partial charge in [-0.15, -0.1) is 0 Å². The van der Waals surface area contributed by atoms with Crippen LogP contribution >= 0.6 is 0 Å². The maximum Gasteiger partial charge on any atom is 0.222 e. The number of rotatable bonds is 8. The van der Waals surface area contributed by atoms with Gasteiger partial charge in [-0.3, -0.25) is 9.97 Å². The molecule has 1 aliphatic rings. The second kappa shape index (κ2) is 9.49. The lowest BCUT2D eigenvalue weighted by Crippen LogP contribution is -2.11. The van der Waals surface area contributed by atoms with Crippen LogP contribution in [0.3, 0.4) is 0 Å². The number of nitrogens with zero attached hydrogens (tertiary/aromatic N) is 4. The predicted octanol–water partition coefficient (Wildman–Crippen LogP) is 3.46. The predicted molar refractivity (Wildman–Crippen MR) is 113 cm³/mol. The summed E-state index contributed by atoms with van der Waals surface area (Å²) in [5, 5.41) is 3.32. The van der Waals surface area contributed by atoms with Crippen LogP contribution in [0.2, 0.25) is 0 Å². The molecular weight excluding hydrogens is 382 g/mol. The molecule has 1 atom stereocenters. The van der Waals surface area contributed by atoms with Crippen molar-refractivity contribution in [2.45, 2.75) is 25.4 Å². The standard InChI is InChI=1S/C22H25N5O3/c1-28-18-6-5-15(12-20(18)29-2)7-8-25-22-26-13-16(17-14-23-9-10-24-17)21(27-22)19-4-3-11-30-19/h5-6,9-10,12-14,19H,3-4,7-8,11H2,1-2H3,(H,25,26,27)/t19-/m1/s1. The summed E-state index contributed by atoms with van der Waals surface area (Å²) in [5.74, 6) is 2.02. The van der Waals surface area contributed by atoms with Gasteiger partial charge in [0.05, 0.1) is 31.8 Å². The lowest BCUT2D eigenvalue weighted by Gasteiger charge is -2.15. The smallest absolute Gasteiger partial charge is 0.222 e. The van der Waals surface area contributed by atoms with Gasteiger partial charge in [0.25, 0.3) is 0 Å². The minimum absolute atomic E-state index is 0.0450. The Morgan fingerprint density at radius 2 is 2.00 bits per heavy atom. The number of methoxy groups -OCH3 is 2. The minimum atomic E-state index is -0.0450. The van der Waals surface area contributed by atoms with Crippen molar-refractivity contribution in [2.75, 3.05) is 32.7 Å². The SMILES string of the molecule is COc1ccc(CCNc2ncc(-c3cnccn3)c([C@H]3CCCO3)n2)cc1OC. The van der Waals surface area contributed by atoms with E-state index in [1.165, 1.54) is 0 Å². The molecule has 0 saturated carbocycles. The fourth-order valence-electron chi connectivity index (χ4n) is 3.51. The highest BCUT2D eigenvalue weighted by Crippen LogP contribution is 2.33. The summed E-state index contributed by atoms with van der Waals surface area (Å²) >= 11 is 0. The first-order valence-corrected chi connectivity index (χ1v) is 9.98.